The molecule has 4 heteroatoms. The molecule has 1 saturated carbocycles. The van der Waals surface area contributed by atoms with Crippen LogP contribution in [0, 0.1) is 5.41 Å². The fourth-order valence-electron chi connectivity index (χ4n) is 4.08. The second-order valence-electron chi connectivity index (χ2n) is 6.19. The van der Waals surface area contributed by atoms with Crippen molar-refractivity contribution in [3.8, 4) is 0 Å². The molecule has 0 amide bonds. The zero-order valence-corrected chi connectivity index (χ0v) is 11.5. The van der Waals surface area contributed by atoms with Gasteiger partial charge in [-0.25, -0.2) is 4.79 Å². The van der Waals surface area contributed by atoms with Gasteiger partial charge in [-0.15, -0.1) is 0 Å². The summed E-state index contributed by atoms with van der Waals surface area (Å²) in [7, 11) is 1.34. The van der Waals surface area contributed by atoms with E-state index in [-0.39, 0.29) is 17.3 Å². The van der Waals surface area contributed by atoms with E-state index in [1.165, 1.54) is 7.11 Å². The Balaban J connectivity index is 2.08. The Morgan fingerprint density at radius 1 is 1.58 bits per heavy atom. The Kier molecular flexibility index (Phi) is 2.58. The predicted molar refractivity (Wildman–Crippen MR) is 69.6 cm³/mol. The maximum atomic E-state index is 11.9. The van der Waals surface area contributed by atoms with Crippen molar-refractivity contribution >= 4 is 5.97 Å². The summed E-state index contributed by atoms with van der Waals surface area (Å²) in [5.41, 5.74) is 0.880. The van der Waals surface area contributed by atoms with Gasteiger partial charge in [-0.3, -0.25) is 0 Å². The third kappa shape index (κ3) is 1.46. The Labute approximate surface area is 113 Å². The number of hydrogen-bond acceptors (Lipinski definition) is 4. The third-order valence-electron chi connectivity index (χ3n) is 5.20. The molecule has 0 aromatic rings. The molecule has 0 unspecified atom stereocenters. The average molecular weight is 264 g/mol. The molecule has 0 aromatic heterocycles. The fraction of sp³-hybridized carbons (Fsp3) is 0.667. The highest BCUT2D eigenvalue weighted by Crippen LogP contribution is 2.62. The van der Waals surface area contributed by atoms with Crippen LogP contribution in [0.5, 0.6) is 0 Å². The smallest absolute Gasteiger partial charge is 0.337 e. The monoisotopic (exact) mass is 264 g/mol. The molecule has 104 valence electrons. The number of methoxy groups -OCH3 is 1. The zero-order chi connectivity index (χ0) is 13.8. The van der Waals surface area contributed by atoms with Gasteiger partial charge in [0.05, 0.1) is 18.3 Å². The van der Waals surface area contributed by atoms with E-state index in [2.05, 4.69) is 13.5 Å². The first kappa shape index (κ1) is 12.7. The van der Waals surface area contributed by atoms with E-state index in [0.717, 1.165) is 31.3 Å². The standard InChI is InChI=1S/C15H20O4/c1-9-5-4-6-14(2)8-11-12(16)10(13(17)18-3)7-15(9,14)19-11/h11,16H,1,4-8H2,2-3H3/t11-,14+,15+/m1/s1. The highest BCUT2D eigenvalue weighted by molar-refractivity contribution is 5.89. The average Bonchev–Trinajstić information content (AvgIpc) is 2.65. The molecule has 1 spiro atoms. The zero-order valence-electron chi connectivity index (χ0n) is 11.5. The van der Waals surface area contributed by atoms with Gasteiger partial charge in [0.15, 0.2) is 0 Å². The van der Waals surface area contributed by atoms with Gasteiger partial charge in [-0.05, 0) is 31.3 Å². The highest BCUT2D eigenvalue weighted by Gasteiger charge is 2.63. The molecule has 1 aliphatic carbocycles. The minimum absolute atomic E-state index is 0.0449. The second-order valence-corrected chi connectivity index (χ2v) is 6.19. The molecule has 3 rings (SSSR count). The number of aliphatic hydroxyl groups is 1. The second kappa shape index (κ2) is 3.85. The minimum atomic E-state index is -0.494. The van der Waals surface area contributed by atoms with E-state index < -0.39 is 11.6 Å². The Bertz CT molecular complexity index is 492. The Morgan fingerprint density at radius 3 is 3.00 bits per heavy atom. The lowest BCUT2D eigenvalue weighted by atomic mass is 9.60. The maximum Gasteiger partial charge on any atom is 0.337 e. The van der Waals surface area contributed by atoms with Crippen molar-refractivity contribution < 1.29 is 19.4 Å². The lowest BCUT2D eigenvalue weighted by Crippen LogP contribution is -2.49. The normalized spacial score (nSPS) is 41.2. The molecule has 2 bridgehead atoms. The van der Waals surface area contributed by atoms with Gasteiger partial charge in [0.1, 0.15) is 11.9 Å². The van der Waals surface area contributed by atoms with Crippen LogP contribution in [0.4, 0.5) is 0 Å². The number of hydrogen-bond donors (Lipinski definition) is 1. The molecule has 2 heterocycles. The SMILES string of the molecule is C=C1CCC[C@@]2(C)C[C@H]3O[C@@]12CC(C(=O)OC)=C3O. The van der Waals surface area contributed by atoms with E-state index in [0.29, 0.717) is 12.0 Å². The van der Waals surface area contributed by atoms with Gasteiger partial charge in [0.25, 0.3) is 0 Å². The molecule has 19 heavy (non-hydrogen) atoms. The van der Waals surface area contributed by atoms with Crippen LogP contribution in [0.1, 0.15) is 39.0 Å². The number of carbonyl (C=O) groups is 1. The van der Waals surface area contributed by atoms with E-state index in [4.69, 9.17) is 9.47 Å². The quantitative estimate of drug-likeness (QED) is 0.584. The van der Waals surface area contributed by atoms with Crippen molar-refractivity contribution in [2.24, 2.45) is 5.41 Å². The van der Waals surface area contributed by atoms with E-state index in [1.807, 2.05) is 0 Å². The number of fused-ring (bicyclic) bond motifs is 1. The Hall–Kier alpha value is -1.29. The summed E-state index contributed by atoms with van der Waals surface area (Å²) in [6.45, 7) is 6.36. The number of ether oxygens (including phenoxy) is 2. The van der Waals surface area contributed by atoms with Gasteiger partial charge in [0.2, 0.25) is 0 Å². The fourth-order valence-corrected chi connectivity index (χ4v) is 4.08. The number of carbonyl (C=O) groups excluding carboxylic acids is 1. The molecular weight excluding hydrogens is 244 g/mol. The van der Waals surface area contributed by atoms with E-state index in [1.54, 1.807) is 0 Å². The van der Waals surface area contributed by atoms with Crippen molar-refractivity contribution in [3.05, 3.63) is 23.5 Å². The molecule has 1 saturated heterocycles. The van der Waals surface area contributed by atoms with Crippen molar-refractivity contribution in [1.29, 1.82) is 0 Å². The molecule has 3 aliphatic rings. The van der Waals surface area contributed by atoms with Crippen molar-refractivity contribution in [1.82, 2.24) is 0 Å². The molecule has 1 N–H and O–H groups in total. The van der Waals surface area contributed by atoms with Crippen LogP contribution in [0.15, 0.2) is 23.5 Å². The van der Waals surface area contributed by atoms with Crippen LogP contribution in [0.25, 0.3) is 0 Å². The molecule has 3 atom stereocenters. The van der Waals surface area contributed by atoms with Crippen LogP contribution in [0.2, 0.25) is 0 Å². The Morgan fingerprint density at radius 2 is 2.32 bits per heavy atom. The molecule has 2 aliphatic heterocycles. The van der Waals surface area contributed by atoms with Crippen molar-refractivity contribution in [3.63, 3.8) is 0 Å². The van der Waals surface area contributed by atoms with Gasteiger partial charge >= 0.3 is 5.97 Å². The largest absolute Gasteiger partial charge is 0.509 e. The molecule has 4 nitrogen and oxygen atoms in total. The lowest BCUT2D eigenvalue weighted by Gasteiger charge is -2.48. The van der Waals surface area contributed by atoms with Crippen LogP contribution in [-0.2, 0) is 14.3 Å². The summed E-state index contributed by atoms with van der Waals surface area (Å²) in [4.78, 5) is 11.9. The topological polar surface area (TPSA) is 55.8 Å². The first-order valence-corrected chi connectivity index (χ1v) is 6.80. The van der Waals surface area contributed by atoms with Gasteiger partial charge in [-0.2, -0.15) is 0 Å². The number of esters is 1. The summed E-state index contributed by atoms with van der Waals surface area (Å²) in [6.07, 6.45) is 3.82. The van der Waals surface area contributed by atoms with Crippen LogP contribution in [-0.4, -0.2) is 29.9 Å². The summed E-state index contributed by atoms with van der Waals surface area (Å²) >= 11 is 0. The minimum Gasteiger partial charge on any atom is -0.509 e. The first-order valence-electron chi connectivity index (χ1n) is 6.80. The van der Waals surface area contributed by atoms with E-state index >= 15 is 0 Å². The maximum absolute atomic E-state index is 11.9. The third-order valence-corrected chi connectivity index (χ3v) is 5.20. The van der Waals surface area contributed by atoms with Gasteiger partial charge in [0, 0.05) is 11.8 Å². The van der Waals surface area contributed by atoms with Gasteiger partial charge < -0.3 is 14.6 Å². The summed E-state index contributed by atoms with van der Waals surface area (Å²) in [6, 6.07) is 0. The number of rotatable bonds is 1. The first-order chi connectivity index (χ1) is 8.93. The molecular formula is C15H20O4. The van der Waals surface area contributed by atoms with Crippen molar-refractivity contribution in [2.75, 3.05) is 7.11 Å². The van der Waals surface area contributed by atoms with Gasteiger partial charge in [-0.1, -0.05) is 13.5 Å². The predicted octanol–water partition coefficient (Wildman–Crippen LogP) is 2.65. The highest BCUT2D eigenvalue weighted by atomic mass is 16.5. The summed E-state index contributed by atoms with van der Waals surface area (Å²) in [5, 5.41) is 10.2. The van der Waals surface area contributed by atoms with Crippen LogP contribution >= 0.6 is 0 Å². The van der Waals surface area contributed by atoms with Crippen LogP contribution in [0.3, 0.4) is 0 Å². The van der Waals surface area contributed by atoms with Crippen LogP contribution < -0.4 is 0 Å². The molecule has 0 aromatic carbocycles. The number of aliphatic hydroxyl groups excluding tert-OH is 1. The lowest BCUT2D eigenvalue weighted by molar-refractivity contribution is -0.140. The summed E-state index contributed by atoms with van der Waals surface area (Å²) in [5.74, 6) is -0.395. The summed E-state index contributed by atoms with van der Waals surface area (Å²) < 4.78 is 10.9. The molecule has 2 fully saturated rings. The van der Waals surface area contributed by atoms with E-state index in [9.17, 15) is 9.90 Å². The van der Waals surface area contributed by atoms with Crippen molar-refractivity contribution in [2.45, 2.75) is 50.7 Å². The molecule has 0 radical (unpaired) electrons.